The quantitative estimate of drug-likeness (QED) is 0.680. The molecule has 1 aliphatic heterocycles. The fourth-order valence-corrected chi connectivity index (χ4v) is 2.72. The molecule has 0 spiro atoms. The molecule has 0 aromatic heterocycles. The Morgan fingerprint density at radius 1 is 1.18 bits per heavy atom. The number of rotatable bonds is 7. The second-order valence-electron chi connectivity index (χ2n) is 5.71. The van der Waals surface area contributed by atoms with Crippen LogP contribution in [-0.2, 0) is 0 Å². The molecule has 2 rings (SSSR count). The van der Waals surface area contributed by atoms with Crippen LogP contribution in [0.15, 0.2) is 0 Å². The molecule has 0 aromatic carbocycles. The average Bonchev–Trinajstić information content (AvgIpc) is 3.19. The van der Waals surface area contributed by atoms with Crippen LogP contribution in [-0.4, -0.2) is 61.2 Å². The van der Waals surface area contributed by atoms with E-state index in [1.807, 2.05) is 0 Å². The van der Waals surface area contributed by atoms with Gasteiger partial charge in [0, 0.05) is 44.8 Å². The van der Waals surface area contributed by atoms with Crippen LogP contribution in [0.2, 0.25) is 0 Å². The van der Waals surface area contributed by atoms with Crippen LogP contribution in [0.3, 0.4) is 0 Å². The molecule has 1 atom stereocenters. The predicted molar refractivity (Wildman–Crippen MR) is 73.4 cm³/mol. The Kier molecular flexibility index (Phi) is 5.26. The van der Waals surface area contributed by atoms with Gasteiger partial charge in [0.25, 0.3) is 0 Å². The first kappa shape index (κ1) is 13.3. The zero-order valence-corrected chi connectivity index (χ0v) is 11.6. The summed E-state index contributed by atoms with van der Waals surface area (Å²) in [5.74, 6) is 0. The SMILES string of the molecule is CCCCNCC(C)N1CCN(C2CC2)CC1. The van der Waals surface area contributed by atoms with Crippen molar-refractivity contribution >= 4 is 0 Å². The molecule has 3 nitrogen and oxygen atoms in total. The Hall–Kier alpha value is -0.120. The fourth-order valence-electron chi connectivity index (χ4n) is 2.72. The first-order chi connectivity index (χ1) is 8.31. The highest BCUT2D eigenvalue weighted by Gasteiger charge is 2.31. The average molecular weight is 239 g/mol. The van der Waals surface area contributed by atoms with Gasteiger partial charge < -0.3 is 5.32 Å². The first-order valence-corrected chi connectivity index (χ1v) is 7.50. The third-order valence-electron chi connectivity index (χ3n) is 4.18. The molecule has 1 saturated heterocycles. The maximum atomic E-state index is 3.57. The normalized spacial score (nSPS) is 25.1. The second-order valence-corrected chi connectivity index (χ2v) is 5.71. The van der Waals surface area contributed by atoms with E-state index in [1.54, 1.807) is 0 Å². The monoisotopic (exact) mass is 239 g/mol. The molecule has 1 N–H and O–H groups in total. The summed E-state index contributed by atoms with van der Waals surface area (Å²) in [6.45, 7) is 12.1. The van der Waals surface area contributed by atoms with Gasteiger partial charge in [-0.05, 0) is 32.7 Å². The van der Waals surface area contributed by atoms with Crippen LogP contribution in [0, 0.1) is 0 Å². The Labute approximate surface area is 107 Å². The third-order valence-corrected chi connectivity index (χ3v) is 4.18. The lowest BCUT2D eigenvalue weighted by Crippen LogP contribution is -2.52. The molecule has 3 heteroatoms. The molecule has 0 radical (unpaired) electrons. The number of unbranched alkanes of at least 4 members (excludes halogenated alkanes) is 1. The van der Waals surface area contributed by atoms with Gasteiger partial charge in [0.15, 0.2) is 0 Å². The lowest BCUT2D eigenvalue weighted by Gasteiger charge is -2.38. The Morgan fingerprint density at radius 2 is 1.88 bits per heavy atom. The first-order valence-electron chi connectivity index (χ1n) is 7.50. The predicted octanol–water partition coefficient (Wildman–Crippen LogP) is 1.54. The zero-order chi connectivity index (χ0) is 12.1. The summed E-state index contributed by atoms with van der Waals surface area (Å²) < 4.78 is 0. The van der Waals surface area contributed by atoms with Gasteiger partial charge in [-0.2, -0.15) is 0 Å². The standard InChI is InChI=1S/C14H29N3/c1-3-4-7-15-12-13(2)16-8-10-17(11-9-16)14-5-6-14/h13-15H,3-12H2,1-2H3. The smallest absolute Gasteiger partial charge is 0.0193 e. The summed E-state index contributed by atoms with van der Waals surface area (Å²) in [6, 6.07) is 1.66. The van der Waals surface area contributed by atoms with Crippen LogP contribution in [0.1, 0.15) is 39.5 Å². The van der Waals surface area contributed by atoms with E-state index in [9.17, 15) is 0 Å². The number of piperazine rings is 1. The van der Waals surface area contributed by atoms with Crippen LogP contribution < -0.4 is 5.32 Å². The van der Waals surface area contributed by atoms with Crippen molar-refractivity contribution in [1.29, 1.82) is 0 Å². The van der Waals surface area contributed by atoms with Crippen molar-refractivity contribution in [3.8, 4) is 0 Å². The summed E-state index contributed by atoms with van der Waals surface area (Å²) in [5, 5.41) is 3.57. The number of nitrogens with one attached hydrogen (secondary N) is 1. The summed E-state index contributed by atoms with van der Waals surface area (Å²) in [4.78, 5) is 5.34. The van der Waals surface area contributed by atoms with Gasteiger partial charge in [0.1, 0.15) is 0 Å². The van der Waals surface area contributed by atoms with Crippen LogP contribution >= 0.6 is 0 Å². The molecule has 100 valence electrons. The maximum absolute atomic E-state index is 3.57. The van der Waals surface area contributed by atoms with Crippen molar-refractivity contribution in [3.05, 3.63) is 0 Å². The van der Waals surface area contributed by atoms with Crippen LogP contribution in [0.5, 0.6) is 0 Å². The molecule has 1 saturated carbocycles. The van der Waals surface area contributed by atoms with Gasteiger partial charge >= 0.3 is 0 Å². The number of nitrogens with zero attached hydrogens (tertiary/aromatic N) is 2. The summed E-state index contributed by atoms with van der Waals surface area (Å²) in [5.41, 5.74) is 0. The highest BCUT2D eigenvalue weighted by atomic mass is 15.3. The molecule has 17 heavy (non-hydrogen) atoms. The van der Waals surface area contributed by atoms with E-state index in [-0.39, 0.29) is 0 Å². The molecule has 1 aliphatic carbocycles. The van der Waals surface area contributed by atoms with Crippen molar-refractivity contribution in [3.63, 3.8) is 0 Å². The molecular formula is C14H29N3. The fraction of sp³-hybridized carbons (Fsp3) is 1.00. The van der Waals surface area contributed by atoms with Gasteiger partial charge in [-0.25, -0.2) is 0 Å². The van der Waals surface area contributed by atoms with Crippen LogP contribution in [0.4, 0.5) is 0 Å². The van der Waals surface area contributed by atoms with E-state index in [1.165, 1.54) is 58.4 Å². The molecule has 1 heterocycles. The Balaban J connectivity index is 1.58. The molecule has 0 amide bonds. The van der Waals surface area contributed by atoms with Crippen molar-refractivity contribution < 1.29 is 0 Å². The van der Waals surface area contributed by atoms with Crippen molar-refractivity contribution in [1.82, 2.24) is 15.1 Å². The molecule has 1 unspecified atom stereocenters. The minimum Gasteiger partial charge on any atom is -0.315 e. The second kappa shape index (κ2) is 6.72. The number of hydrogen-bond donors (Lipinski definition) is 1. The van der Waals surface area contributed by atoms with Gasteiger partial charge in [-0.15, -0.1) is 0 Å². The lowest BCUT2D eigenvalue weighted by molar-refractivity contribution is 0.0970. The van der Waals surface area contributed by atoms with E-state index < -0.39 is 0 Å². The van der Waals surface area contributed by atoms with E-state index in [4.69, 9.17) is 0 Å². The summed E-state index contributed by atoms with van der Waals surface area (Å²) in [6.07, 6.45) is 5.51. The summed E-state index contributed by atoms with van der Waals surface area (Å²) in [7, 11) is 0. The molecular weight excluding hydrogens is 210 g/mol. The molecule has 2 fully saturated rings. The third kappa shape index (κ3) is 4.23. The Morgan fingerprint density at radius 3 is 2.47 bits per heavy atom. The van der Waals surface area contributed by atoms with Crippen LogP contribution in [0.25, 0.3) is 0 Å². The van der Waals surface area contributed by atoms with Crippen molar-refractivity contribution in [2.45, 2.75) is 51.6 Å². The topological polar surface area (TPSA) is 18.5 Å². The zero-order valence-electron chi connectivity index (χ0n) is 11.6. The molecule has 2 aliphatic rings. The van der Waals surface area contributed by atoms with Crippen molar-refractivity contribution in [2.24, 2.45) is 0 Å². The minimum atomic E-state index is 0.702. The van der Waals surface area contributed by atoms with E-state index in [0.29, 0.717) is 6.04 Å². The largest absolute Gasteiger partial charge is 0.315 e. The van der Waals surface area contributed by atoms with Crippen molar-refractivity contribution in [2.75, 3.05) is 39.3 Å². The van der Waals surface area contributed by atoms with Gasteiger partial charge in [0.05, 0.1) is 0 Å². The van der Waals surface area contributed by atoms with Gasteiger partial charge in [-0.3, -0.25) is 9.80 Å². The highest BCUT2D eigenvalue weighted by Crippen LogP contribution is 2.27. The highest BCUT2D eigenvalue weighted by molar-refractivity contribution is 4.88. The van der Waals surface area contributed by atoms with E-state index >= 15 is 0 Å². The van der Waals surface area contributed by atoms with Gasteiger partial charge in [-0.1, -0.05) is 13.3 Å². The van der Waals surface area contributed by atoms with E-state index in [0.717, 1.165) is 12.6 Å². The van der Waals surface area contributed by atoms with E-state index in [2.05, 4.69) is 29.0 Å². The Bertz CT molecular complexity index is 208. The maximum Gasteiger partial charge on any atom is 0.0193 e. The minimum absolute atomic E-state index is 0.702. The summed E-state index contributed by atoms with van der Waals surface area (Å²) >= 11 is 0. The number of hydrogen-bond acceptors (Lipinski definition) is 3. The molecule has 0 bridgehead atoms. The lowest BCUT2D eigenvalue weighted by atomic mass is 10.2. The van der Waals surface area contributed by atoms with Gasteiger partial charge in [0.2, 0.25) is 0 Å². The molecule has 0 aromatic rings.